The summed E-state index contributed by atoms with van der Waals surface area (Å²) in [7, 11) is 0. The highest BCUT2D eigenvalue weighted by Crippen LogP contribution is 2.34. The monoisotopic (exact) mass is 487 g/mol. The maximum absolute atomic E-state index is 12.6. The molecule has 174 valence electrons. The Morgan fingerprint density at radius 2 is 2.03 bits per heavy atom. The van der Waals surface area contributed by atoms with Gasteiger partial charge in [-0.2, -0.15) is 5.26 Å². The molecule has 2 heterocycles. The van der Waals surface area contributed by atoms with Gasteiger partial charge in [-0.1, -0.05) is 41.7 Å². The summed E-state index contributed by atoms with van der Waals surface area (Å²) in [4.78, 5) is 23.6. The van der Waals surface area contributed by atoms with E-state index in [1.165, 1.54) is 41.7 Å². The van der Waals surface area contributed by atoms with E-state index < -0.39 is 10.8 Å². The molecule has 0 aliphatic carbocycles. The van der Waals surface area contributed by atoms with Gasteiger partial charge < -0.3 is 9.15 Å². The first-order valence-electron chi connectivity index (χ1n) is 10.3. The highest BCUT2D eigenvalue weighted by molar-refractivity contribution is 7.18. The number of anilines is 1. The Morgan fingerprint density at radius 3 is 2.74 bits per heavy atom. The number of nitrogens with one attached hydrogen (secondary N) is 1. The molecular formula is C24H17N5O5S. The third kappa shape index (κ3) is 5.40. The second-order valence-corrected chi connectivity index (χ2v) is 7.95. The number of furan rings is 1. The summed E-state index contributed by atoms with van der Waals surface area (Å²) in [6, 6.07) is 18.7. The molecule has 0 radical (unpaired) electrons. The average Bonchev–Trinajstić information content (AvgIpc) is 3.53. The number of rotatable bonds is 8. The van der Waals surface area contributed by atoms with Crippen molar-refractivity contribution in [2.24, 2.45) is 0 Å². The second-order valence-electron chi connectivity index (χ2n) is 6.97. The van der Waals surface area contributed by atoms with Crippen LogP contribution in [0.25, 0.3) is 28.0 Å². The van der Waals surface area contributed by atoms with Crippen LogP contribution in [0.15, 0.2) is 70.7 Å². The molecule has 0 aliphatic rings. The molecule has 0 bridgehead atoms. The van der Waals surface area contributed by atoms with Crippen molar-refractivity contribution in [2.75, 3.05) is 11.9 Å². The molecule has 1 N–H and O–H groups in total. The highest BCUT2D eigenvalue weighted by Gasteiger charge is 2.20. The fourth-order valence-electron chi connectivity index (χ4n) is 3.13. The van der Waals surface area contributed by atoms with Gasteiger partial charge in [0.25, 0.3) is 11.6 Å². The predicted octanol–water partition coefficient (Wildman–Crippen LogP) is 5.32. The van der Waals surface area contributed by atoms with Gasteiger partial charge in [0, 0.05) is 11.6 Å². The molecule has 4 rings (SSSR count). The van der Waals surface area contributed by atoms with Crippen LogP contribution in [0.5, 0.6) is 5.75 Å². The normalized spacial score (nSPS) is 11.0. The summed E-state index contributed by atoms with van der Waals surface area (Å²) in [6.07, 6.45) is 1.25. The van der Waals surface area contributed by atoms with Gasteiger partial charge in [-0.05, 0) is 31.2 Å². The number of benzene rings is 2. The molecule has 4 aromatic rings. The van der Waals surface area contributed by atoms with Gasteiger partial charge in [0.1, 0.15) is 33.9 Å². The molecule has 2 aromatic carbocycles. The first kappa shape index (κ1) is 23.3. The van der Waals surface area contributed by atoms with Crippen LogP contribution in [0.1, 0.15) is 12.7 Å². The van der Waals surface area contributed by atoms with Crippen LogP contribution in [0, 0.1) is 21.4 Å². The number of carbonyl (C=O) groups excluding carboxylic acids is 1. The molecule has 10 nitrogen and oxygen atoms in total. The lowest BCUT2D eigenvalue weighted by Crippen LogP contribution is -2.13. The van der Waals surface area contributed by atoms with Crippen molar-refractivity contribution in [1.82, 2.24) is 10.2 Å². The van der Waals surface area contributed by atoms with Gasteiger partial charge in [-0.15, -0.1) is 10.2 Å². The first-order valence-corrected chi connectivity index (χ1v) is 11.1. The van der Waals surface area contributed by atoms with Crippen molar-refractivity contribution in [3.05, 3.63) is 82.1 Å². The van der Waals surface area contributed by atoms with Gasteiger partial charge in [0.2, 0.25) is 5.13 Å². The van der Waals surface area contributed by atoms with E-state index in [9.17, 15) is 20.2 Å². The van der Waals surface area contributed by atoms with E-state index >= 15 is 0 Å². The van der Waals surface area contributed by atoms with E-state index in [1.54, 1.807) is 13.0 Å². The van der Waals surface area contributed by atoms with E-state index in [0.29, 0.717) is 17.4 Å². The second kappa shape index (κ2) is 10.4. The smallest absolute Gasteiger partial charge is 0.284 e. The van der Waals surface area contributed by atoms with Crippen molar-refractivity contribution in [1.29, 1.82) is 5.26 Å². The minimum absolute atomic E-state index is 0.178. The Balaban J connectivity index is 1.54. The molecule has 0 atom stereocenters. The molecule has 0 spiro atoms. The van der Waals surface area contributed by atoms with Crippen molar-refractivity contribution in [2.45, 2.75) is 6.92 Å². The third-order valence-electron chi connectivity index (χ3n) is 4.69. The Kier molecular flexibility index (Phi) is 6.94. The lowest BCUT2D eigenvalue weighted by molar-refractivity contribution is -0.384. The molecular weight excluding hydrogens is 470 g/mol. The van der Waals surface area contributed by atoms with Gasteiger partial charge >= 0.3 is 0 Å². The maximum Gasteiger partial charge on any atom is 0.284 e. The topological polar surface area (TPSA) is 144 Å². The molecule has 11 heteroatoms. The number of nitrogens with zero attached hydrogens (tertiary/aromatic N) is 4. The zero-order valence-corrected chi connectivity index (χ0v) is 19.1. The minimum atomic E-state index is -0.687. The van der Waals surface area contributed by atoms with Gasteiger partial charge in [-0.25, -0.2) is 0 Å². The molecule has 0 unspecified atom stereocenters. The largest absolute Gasteiger partial charge is 0.494 e. The number of hydrogen-bond acceptors (Lipinski definition) is 9. The SMILES string of the molecule is CCOc1ccc(-c2ccc(/C=C(/C#N)C(=O)Nc3nnc(-c4ccccc4)s3)o2)c([N+](=O)[O-])c1. The van der Waals surface area contributed by atoms with Crippen LogP contribution in [-0.2, 0) is 4.79 Å². The van der Waals surface area contributed by atoms with Crippen LogP contribution in [0.4, 0.5) is 10.8 Å². The van der Waals surface area contributed by atoms with Crippen LogP contribution in [-0.4, -0.2) is 27.6 Å². The number of carbonyl (C=O) groups is 1. The Bertz CT molecular complexity index is 1450. The van der Waals surface area contributed by atoms with Crippen LogP contribution < -0.4 is 10.1 Å². The van der Waals surface area contributed by atoms with Crippen LogP contribution in [0.3, 0.4) is 0 Å². The lowest BCUT2D eigenvalue weighted by atomic mass is 10.1. The number of nitro groups is 1. The fraction of sp³-hybridized carbons (Fsp3) is 0.0833. The summed E-state index contributed by atoms with van der Waals surface area (Å²) in [6.45, 7) is 2.15. The van der Waals surface area contributed by atoms with Crippen molar-refractivity contribution in [3.63, 3.8) is 0 Å². The molecule has 2 aromatic heterocycles. The molecule has 0 fully saturated rings. The van der Waals surface area contributed by atoms with E-state index in [-0.39, 0.29) is 33.5 Å². The van der Waals surface area contributed by atoms with E-state index in [2.05, 4.69) is 15.5 Å². The molecule has 0 aliphatic heterocycles. The average molecular weight is 487 g/mol. The Labute approximate surface area is 203 Å². The number of hydrogen-bond donors (Lipinski definition) is 1. The molecule has 35 heavy (non-hydrogen) atoms. The number of ether oxygens (including phenoxy) is 1. The van der Waals surface area contributed by atoms with E-state index in [1.807, 2.05) is 36.4 Å². The number of amides is 1. The van der Waals surface area contributed by atoms with Crippen molar-refractivity contribution < 1.29 is 18.9 Å². The molecule has 1 amide bonds. The van der Waals surface area contributed by atoms with Crippen molar-refractivity contribution >= 4 is 34.1 Å². The summed E-state index contributed by atoms with van der Waals surface area (Å²) < 4.78 is 11.0. The zero-order chi connectivity index (χ0) is 24.8. The van der Waals surface area contributed by atoms with Crippen LogP contribution >= 0.6 is 11.3 Å². The predicted molar refractivity (Wildman–Crippen MR) is 130 cm³/mol. The quantitative estimate of drug-likeness (QED) is 0.152. The van der Waals surface area contributed by atoms with Gasteiger partial charge in [-0.3, -0.25) is 20.2 Å². The summed E-state index contributed by atoms with van der Waals surface area (Å²) in [5.74, 6) is 0.0656. The van der Waals surface area contributed by atoms with Crippen LogP contribution in [0.2, 0.25) is 0 Å². The zero-order valence-electron chi connectivity index (χ0n) is 18.3. The van der Waals surface area contributed by atoms with Gasteiger partial charge in [0.05, 0.1) is 23.2 Å². The maximum atomic E-state index is 12.6. The molecule has 0 saturated heterocycles. The number of nitriles is 1. The van der Waals surface area contributed by atoms with Gasteiger partial charge in [0.15, 0.2) is 0 Å². The Morgan fingerprint density at radius 1 is 1.23 bits per heavy atom. The highest BCUT2D eigenvalue weighted by atomic mass is 32.1. The standard InChI is InChI=1S/C24H17N5O5S/c1-2-33-17-8-10-19(20(13-17)29(31)32)21-11-9-18(34-21)12-16(14-25)22(30)26-24-28-27-23(35-24)15-6-4-3-5-7-15/h3-13H,2H2,1H3,(H,26,28,30)/b16-12-. The minimum Gasteiger partial charge on any atom is -0.494 e. The summed E-state index contributed by atoms with van der Waals surface area (Å²) in [5.41, 5.74) is 0.671. The lowest BCUT2D eigenvalue weighted by Gasteiger charge is -2.05. The van der Waals surface area contributed by atoms with Crippen molar-refractivity contribution in [3.8, 4) is 33.7 Å². The Hall–Kier alpha value is -4.82. The number of aromatic nitrogens is 2. The first-order chi connectivity index (χ1) is 17.0. The molecule has 0 saturated carbocycles. The fourth-order valence-corrected chi connectivity index (χ4v) is 3.87. The summed E-state index contributed by atoms with van der Waals surface area (Å²) in [5, 5.41) is 32.4. The van der Waals surface area contributed by atoms with E-state index in [0.717, 1.165) is 5.56 Å². The van der Waals surface area contributed by atoms with E-state index in [4.69, 9.17) is 9.15 Å². The third-order valence-corrected chi connectivity index (χ3v) is 5.57. The summed E-state index contributed by atoms with van der Waals surface area (Å²) >= 11 is 1.17. The number of nitro benzene ring substituents is 1.